The molecule has 0 saturated carbocycles. The van der Waals surface area contributed by atoms with Crippen LogP contribution < -0.4 is 0 Å². The summed E-state index contributed by atoms with van der Waals surface area (Å²) >= 11 is 0. The standard InChI is InChI=1S/C24H16O2.2Y/c25-23-15-7-5-13-21(23)19-11-3-1-9-17(19)18-10-2-4-12-20(18)22-14-6-8-16-24(22)26;;/h1-8,11-16,25-26H;;/q-2;;. The van der Waals surface area contributed by atoms with Crippen LogP contribution in [0.1, 0.15) is 0 Å². The Morgan fingerprint density at radius 1 is 0.464 bits per heavy atom. The average Bonchev–Trinajstić information content (AvgIpc) is 2.69. The summed E-state index contributed by atoms with van der Waals surface area (Å²) in [6, 6.07) is 32.4. The van der Waals surface area contributed by atoms with Gasteiger partial charge in [0.25, 0.3) is 0 Å². The molecule has 4 aromatic rings. The number of phenols is 2. The zero-order valence-corrected chi connectivity index (χ0v) is 20.8. The van der Waals surface area contributed by atoms with E-state index >= 15 is 0 Å². The summed E-state index contributed by atoms with van der Waals surface area (Å²) < 4.78 is 0. The molecule has 0 spiro atoms. The van der Waals surface area contributed by atoms with Crippen LogP contribution in [0.2, 0.25) is 0 Å². The van der Waals surface area contributed by atoms with E-state index in [0.717, 1.165) is 33.4 Å². The first kappa shape index (κ1) is 23.0. The predicted octanol–water partition coefficient (Wildman–Crippen LogP) is 5.69. The third-order valence-corrected chi connectivity index (χ3v) is 4.35. The fraction of sp³-hybridized carbons (Fsp3) is 0. The second kappa shape index (κ2) is 10.5. The molecule has 0 heterocycles. The van der Waals surface area contributed by atoms with Gasteiger partial charge in [0.2, 0.25) is 0 Å². The summed E-state index contributed by atoms with van der Waals surface area (Å²) in [7, 11) is 0. The van der Waals surface area contributed by atoms with Crippen molar-refractivity contribution >= 4 is 0 Å². The Morgan fingerprint density at radius 3 is 1.21 bits per heavy atom. The van der Waals surface area contributed by atoms with Gasteiger partial charge in [-0.25, -0.2) is 11.1 Å². The van der Waals surface area contributed by atoms with Crippen molar-refractivity contribution in [2.45, 2.75) is 0 Å². The summed E-state index contributed by atoms with van der Waals surface area (Å²) in [4.78, 5) is 0. The minimum Gasteiger partial charge on any atom is -0.508 e. The minimum absolute atomic E-state index is 0. The number of hydrogen-bond donors (Lipinski definition) is 2. The van der Waals surface area contributed by atoms with Crippen molar-refractivity contribution in [3.8, 4) is 44.9 Å². The maximum atomic E-state index is 10.3. The molecule has 132 valence electrons. The van der Waals surface area contributed by atoms with E-state index in [0.29, 0.717) is 0 Å². The van der Waals surface area contributed by atoms with Crippen molar-refractivity contribution < 1.29 is 75.6 Å². The van der Waals surface area contributed by atoms with Gasteiger partial charge in [0.05, 0.1) is 0 Å². The fourth-order valence-electron chi connectivity index (χ4n) is 3.14. The van der Waals surface area contributed by atoms with E-state index in [2.05, 4.69) is 12.1 Å². The Morgan fingerprint density at radius 2 is 0.821 bits per heavy atom. The topological polar surface area (TPSA) is 40.5 Å². The molecular weight excluding hydrogens is 498 g/mol. The van der Waals surface area contributed by atoms with Crippen LogP contribution in [0.3, 0.4) is 0 Å². The van der Waals surface area contributed by atoms with Gasteiger partial charge in [0.15, 0.2) is 0 Å². The Hall–Kier alpha value is -1.31. The molecule has 0 atom stereocenters. The molecule has 0 amide bonds. The summed E-state index contributed by atoms with van der Waals surface area (Å²) in [6.45, 7) is 0. The third kappa shape index (κ3) is 4.63. The number of hydrogen-bond acceptors (Lipinski definition) is 2. The molecule has 0 aliphatic carbocycles. The van der Waals surface area contributed by atoms with Gasteiger partial charge in [0.1, 0.15) is 11.5 Å². The van der Waals surface area contributed by atoms with Crippen molar-refractivity contribution in [1.82, 2.24) is 0 Å². The molecule has 4 heteroatoms. The van der Waals surface area contributed by atoms with Gasteiger partial charge in [0, 0.05) is 65.4 Å². The molecule has 28 heavy (non-hydrogen) atoms. The third-order valence-electron chi connectivity index (χ3n) is 4.35. The van der Waals surface area contributed by atoms with Gasteiger partial charge in [-0.1, -0.05) is 36.4 Å². The van der Waals surface area contributed by atoms with Crippen LogP contribution in [0.5, 0.6) is 11.5 Å². The van der Waals surface area contributed by atoms with Crippen LogP contribution in [0, 0.1) is 12.1 Å². The number of rotatable bonds is 3. The average molecular weight is 514 g/mol. The van der Waals surface area contributed by atoms with Crippen LogP contribution in [0.25, 0.3) is 33.4 Å². The van der Waals surface area contributed by atoms with Crippen molar-refractivity contribution in [2.75, 3.05) is 0 Å². The molecule has 0 fully saturated rings. The monoisotopic (exact) mass is 514 g/mol. The summed E-state index contributed by atoms with van der Waals surface area (Å²) in [5.41, 5.74) is 4.86. The van der Waals surface area contributed by atoms with E-state index < -0.39 is 0 Å². The second-order valence-electron chi connectivity index (χ2n) is 5.95. The molecule has 0 aliphatic rings. The first-order valence-corrected chi connectivity index (χ1v) is 8.34. The van der Waals surface area contributed by atoms with Crippen LogP contribution in [-0.4, -0.2) is 10.2 Å². The molecule has 0 unspecified atom stereocenters. The van der Waals surface area contributed by atoms with Crippen molar-refractivity contribution in [2.24, 2.45) is 0 Å². The van der Waals surface area contributed by atoms with Gasteiger partial charge in [-0.2, -0.15) is 24.3 Å². The van der Waals surface area contributed by atoms with Crippen LogP contribution in [0.15, 0.2) is 84.9 Å². The van der Waals surface area contributed by atoms with E-state index in [4.69, 9.17) is 0 Å². The molecule has 0 aliphatic heterocycles. The van der Waals surface area contributed by atoms with Gasteiger partial charge in [-0.3, -0.25) is 0 Å². The quantitative estimate of drug-likeness (QED) is 0.345. The molecule has 4 rings (SSSR count). The maximum Gasteiger partial charge on any atom is 0.113 e. The molecule has 0 bridgehead atoms. The van der Waals surface area contributed by atoms with Gasteiger partial charge < -0.3 is 10.2 Å². The van der Waals surface area contributed by atoms with E-state index in [1.54, 1.807) is 24.3 Å². The number of phenolic OH excluding ortho intramolecular Hbond substituents is 2. The first-order chi connectivity index (χ1) is 12.8. The molecular formula is C24H16O2Y2-2. The predicted molar refractivity (Wildman–Crippen MR) is 104 cm³/mol. The molecule has 0 saturated heterocycles. The Bertz CT molecular complexity index is 990. The van der Waals surface area contributed by atoms with Crippen molar-refractivity contribution in [3.63, 3.8) is 0 Å². The van der Waals surface area contributed by atoms with Gasteiger partial charge >= 0.3 is 0 Å². The second-order valence-corrected chi connectivity index (χ2v) is 5.95. The normalized spacial score (nSPS) is 9.86. The van der Waals surface area contributed by atoms with E-state index in [1.165, 1.54) is 0 Å². The molecule has 4 aromatic carbocycles. The number of aromatic hydroxyl groups is 2. The summed E-state index contributed by atoms with van der Waals surface area (Å²) in [5, 5.41) is 20.6. The Kier molecular flexibility index (Phi) is 8.58. The van der Waals surface area contributed by atoms with Crippen LogP contribution in [-0.2, 0) is 65.4 Å². The molecule has 2 N–H and O–H groups in total. The number of para-hydroxylation sites is 2. The Balaban J connectivity index is 0.00000140. The zero-order valence-electron chi connectivity index (χ0n) is 15.1. The van der Waals surface area contributed by atoms with E-state index in [1.807, 2.05) is 60.7 Å². The van der Waals surface area contributed by atoms with Crippen molar-refractivity contribution in [1.29, 1.82) is 0 Å². The van der Waals surface area contributed by atoms with E-state index in [-0.39, 0.29) is 76.9 Å². The molecule has 0 aromatic heterocycles. The minimum atomic E-state index is 0. The smallest absolute Gasteiger partial charge is 0.113 e. The molecule has 2 nitrogen and oxygen atoms in total. The Labute approximate surface area is 215 Å². The van der Waals surface area contributed by atoms with Gasteiger partial charge in [-0.05, 0) is 23.3 Å². The van der Waals surface area contributed by atoms with Gasteiger partial charge in [-0.15, -0.1) is 35.4 Å². The number of benzene rings is 4. The largest absolute Gasteiger partial charge is 0.508 e. The van der Waals surface area contributed by atoms with Crippen LogP contribution in [0.4, 0.5) is 0 Å². The first-order valence-electron chi connectivity index (χ1n) is 8.34. The molecule has 2 radical (unpaired) electrons. The SMILES string of the molecule is Oc1ccccc1-c1ccc[c-]c1-c1[c-]cccc1-c1ccccc1O.[Y].[Y]. The summed E-state index contributed by atoms with van der Waals surface area (Å²) in [5.74, 6) is 0.432. The van der Waals surface area contributed by atoms with Crippen molar-refractivity contribution in [3.05, 3.63) is 97.1 Å². The maximum absolute atomic E-state index is 10.3. The summed E-state index contributed by atoms with van der Waals surface area (Å²) in [6.07, 6.45) is 0. The zero-order chi connectivity index (χ0) is 17.9. The van der Waals surface area contributed by atoms with Crippen LogP contribution >= 0.6 is 0 Å². The van der Waals surface area contributed by atoms with E-state index in [9.17, 15) is 10.2 Å². The fourth-order valence-corrected chi connectivity index (χ4v) is 3.14.